The van der Waals surface area contributed by atoms with Crippen molar-refractivity contribution in [3.05, 3.63) is 130 Å². The average molecular weight is 661 g/mol. The van der Waals surface area contributed by atoms with Gasteiger partial charge in [-0.1, -0.05) is 84.9 Å². The first-order valence-corrected chi connectivity index (χ1v) is 17.1. The molecule has 4 heterocycles. The summed E-state index contributed by atoms with van der Waals surface area (Å²) in [6, 6.07) is 31.0. The van der Waals surface area contributed by atoms with Crippen LogP contribution in [0.4, 0.5) is 0 Å². The van der Waals surface area contributed by atoms with E-state index < -0.39 is 12.1 Å². The fourth-order valence-electron chi connectivity index (χ4n) is 7.50. The molecule has 0 aliphatic carbocycles. The van der Waals surface area contributed by atoms with E-state index in [1.54, 1.807) is 24.3 Å². The molecule has 1 spiro atoms. The van der Waals surface area contributed by atoms with Gasteiger partial charge in [0.1, 0.15) is 0 Å². The smallest absolute Gasteiger partial charge is 0.261 e. The first-order valence-electron chi connectivity index (χ1n) is 17.1. The van der Waals surface area contributed by atoms with E-state index in [1.807, 2.05) is 72.8 Å². The second-order valence-electron chi connectivity index (χ2n) is 13.3. The van der Waals surface area contributed by atoms with Gasteiger partial charge >= 0.3 is 0 Å². The van der Waals surface area contributed by atoms with Crippen LogP contribution in [0.15, 0.2) is 97.1 Å². The third-order valence-electron chi connectivity index (χ3n) is 10.2. The molecule has 9 nitrogen and oxygen atoms in total. The molecule has 4 aliphatic rings. The second kappa shape index (κ2) is 13.6. The Labute approximate surface area is 286 Å². The number of ether oxygens (including phenoxy) is 4. The molecule has 252 valence electrons. The lowest BCUT2D eigenvalue weighted by Gasteiger charge is -2.41. The van der Waals surface area contributed by atoms with Gasteiger partial charge in [-0.05, 0) is 39.9 Å². The van der Waals surface area contributed by atoms with E-state index >= 15 is 0 Å². The van der Waals surface area contributed by atoms with Crippen LogP contribution in [0.1, 0.15) is 74.6 Å². The third kappa shape index (κ3) is 6.46. The van der Waals surface area contributed by atoms with Crippen molar-refractivity contribution in [1.29, 1.82) is 0 Å². The number of hydrogen-bond donors (Lipinski definition) is 1. The Morgan fingerprint density at radius 1 is 0.714 bits per heavy atom. The largest absolute Gasteiger partial charge is 0.392 e. The van der Waals surface area contributed by atoms with Crippen LogP contribution in [-0.4, -0.2) is 71.5 Å². The van der Waals surface area contributed by atoms with Gasteiger partial charge in [-0.15, -0.1) is 0 Å². The number of carbonyl (C=O) groups excluding carboxylic acids is 2. The van der Waals surface area contributed by atoms with Crippen LogP contribution in [0.2, 0.25) is 0 Å². The molecule has 0 radical (unpaired) electrons. The Hall–Kier alpha value is -4.22. The van der Waals surface area contributed by atoms with Gasteiger partial charge in [0.2, 0.25) is 0 Å². The molecule has 0 aromatic heterocycles. The highest BCUT2D eigenvalue weighted by atomic mass is 16.7. The summed E-state index contributed by atoms with van der Waals surface area (Å²) in [5.41, 5.74) is 6.53. The Kier molecular flexibility index (Phi) is 8.88. The molecule has 4 aliphatic heterocycles. The zero-order valence-electron chi connectivity index (χ0n) is 27.3. The van der Waals surface area contributed by atoms with Crippen LogP contribution >= 0.6 is 0 Å². The van der Waals surface area contributed by atoms with Crippen molar-refractivity contribution in [2.75, 3.05) is 32.8 Å². The Bertz CT molecular complexity index is 1770. The summed E-state index contributed by atoms with van der Waals surface area (Å²) >= 11 is 0. The van der Waals surface area contributed by atoms with E-state index in [0.29, 0.717) is 30.8 Å². The van der Waals surface area contributed by atoms with E-state index in [0.717, 1.165) is 65.9 Å². The average Bonchev–Trinajstić information content (AvgIpc) is 3.71. The monoisotopic (exact) mass is 660 g/mol. The molecule has 3 atom stereocenters. The van der Waals surface area contributed by atoms with Crippen LogP contribution in [0.5, 0.6) is 0 Å². The number of nitrogens with zero attached hydrogens (tertiary/aromatic N) is 2. The SMILES string of the molecule is O=C1c2ccccc2C(=O)N1Cc1ccccc1-c1ccc([C@H]2O[C@@H](CN3CCC4(CC3)OCCO4)C[C@@H](c3ccc(CO)cc3)O2)cc1. The number of aliphatic hydroxyl groups is 1. The first kappa shape index (κ1) is 32.0. The quantitative estimate of drug-likeness (QED) is 0.229. The molecule has 2 amide bonds. The van der Waals surface area contributed by atoms with Crippen LogP contribution in [0.3, 0.4) is 0 Å². The van der Waals surface area contributed by atoms with Crippen molar-refractivity contribution in [3.63, 3.8) is 0 Å². The Morgan fingerprint density at radius 3 is 1.98 bits per heavy atom. The molecule has 0 saturated carbocycles. The zero-order chi connectivity index (χ0) is 33.4. The van der Waals surface area contributed by atoms with Crippen molar-refractivity contribution in [2.45, 2.75) is 56.7 Å². The van der Waals surface area contributed by atoms with Crippen molar-refractivity contribution >= 4 is 11.8 Å². The van der Waals surface area contributed by atoms with Crippen molar-refractivity contribution in [1.82, 2.24) is 9.80 Å². The number of piperidine rings is 1. The number of aliphatic hydroxyl groups excluding tert-OH is 1. The zero-order valence-corrected chi connectivity index (χ0v) is 27.3. The summed E-state index contributed by atoms with van der Waals surface area (Å²) in [7, 11) is 0. The van der Waals surface area contributed by atoms with Crippen molar-refractivity contribution in [2.24, 2.45) is 0 Å². The topological polar surface area (TPSA) is 97.8 Å². The van der Waals surface area contributed by atoms with E-state index in [1.165, 1.54) is 4.90 Å². The van der Waals surface area contributed by atoms with Crippen LogP contribution in [0.25, 0.3) is 11.1 Å². The minimum absolute atomic E-state index is 0.00216. The number of benzene rings is 4. The van der Waals surface area contributed by atoms with Gasteiger partial charge in [0.15, 0.2) is 12.1 Å². The normalized spacial score (nSPS) is 23.7. The van der Waals surface area contributed by atoms with Crippen LogP contribution < -0.4 is 0 Å². The fourth-order valence-corrected chi connectivity index (χ4v) is 7.50. The molecule has 0 unspecified atom stereocenters. The molecule has 9 heteroatoms. The highest BCUT2D eigenvalue weighted by molar-refractivity contribution is 6.21. The van der Waals surface area contributed by atoms with Crippen LogP contribution in [-0.2, 0) is 32.1 Å². The lowest BCUT2D eigenvalue weighted by molar-refractivity contribution is -0.255. The maximum absolute atomic E-state index is 13.1. The molecule has 3 fully saturated rings. The minimum Gasteiger partial charge on any atom is -0.392 e. The van der Waals surface area contributed by atoms with Gasteiger partial charge in [0.05, 0.1) is 49.7 Å². The van der Waals surface area contributed by atoms with E-state index in [-0.39, 0.29) is 37.2 Å². The summed E-state index contributed by atoms with van der Waals surface area (Å²) in [4.78, 5) is 30.0. The summed E-state index contributed by atoms with van der Waals surface area (Å²) in [5, 5.41) is 9.58. The predicted molar refractivity (Wildman–Crippen MR) is 181 cm³/mol. The lowest BCUT2D eigenvalue weighted by Crippen LogP contribution is -2.48. The minimum atomic E-state index is -0.568. The number of rotatable bonds is 8. The molecule has 49 heavy (non-hydrogen) atoms. The maximum Gasteiger partial charge on any atom is 0.261 e. The van der Waals surface area contributed by atoms with Crippen molar-refractivity contribution in [3.8, 4) is 11.1 Å². The Morgan fingerprint density at radius 2 is 1.33 bits per heavy atom. The molecule has 4 aromatic carbocycles. The molecule has 8 rings (SSSR count). The maximum atomic E-state index is 13.1. The molecular weight excluding hydrogens is 620 g/mol. The highest BCUT2D eigenvalue weighted by Crippen LogP contribution is 2.40. The molecule has 1 N–H and O–H groups in total. The summed E-state index contributed by atoms with van der Waals surface area (Å²) in [6.45, 7) is 4.07. The predicted octanol–water partition coefficient (Wildman–Crippen LogP) is 6.03. The van der Waals surface area contributed by atoms with Gasteiger partial charge in [-0.3, -0.25) is 14.5 Å². The summed E-state index contributed by atoms with van der Waals surface area (Å²) in [5.74, 6) is -0.953. The molecule has 4 aromatic rings. The third-order valence-corrected chi connectivity index (χ3v) is 10.2. The highest BCUT2D eigenvalue weighted by Gasteiger charge is 2.41. The number of imide groups is 1. The van der Waals surface area contributed by atoms with E-state index in [9.17, 15) is 14.7 Å². The molecular formula is C40H40N2O7. The van der Waals surface area contributed by atoms with Gasteiger partial charge < -0.3 is 29.0 Å². The number of carbonyl (C=O) groups is 2. The molecule has 0 bridgehead atoms. The lowest BCUT2D eigenvalue weighted by atomic mass is 9.97. The number of likely N-dealkylation sites (tertiary alicyclic amines) is 1. The number of fused-ring (bicyclic) bond motifs is 1. The summed E-state index contributed by atoms with van der Waals surface area (Å²) < 4.78 is 25.2. The summed E-state index contributed by atoms with van der Waals surface area (Å²) in [6.07, 6.45) is 1.62. The van der Waals surface area contributed by atoms with E-state index in [2.05, 4.69) is 4.90 Å². The van der Waals surface area contributed by atoms with Crippen molar-refractivity contribution < 1.29 is 33.6 Å². The van der Waals surface area contributed by atoms with Gasteiger partial charge in [0.25, 0.3) is 11.8 Å². The van der Waals surface area contributed by atoms with Gasteiger partial charge in [-0.2, -0.15) is 0 Å². The molecule has 3 saturated heterocycles. The second-order valence-corrected chi connectivity index (χ2v) is 13.3. The van der Waals surface area contributed by atoms with Crippen LogP contribution in [0, 0.1) is 0 Å². The Balaban J connectivity index is 1.00. The number of hydrogen-bond acceptors (Lipinski definition) is 8. The van der Waals surface area contributed by atoms with E-state index in [4.69, 9.17) is 18.9 Å². The standard InChI is InChI=1S/C40H40N2O7/c43-26-27-9-11-29(12-10-27)36-23-32(25-41-19-17-40(18-20-41)46-21-22-47-40)48-39(49-36)30-15-13-28(14-16-30)33-6-2-1-5-31(33)24-42-37(44)34-7-3-4-8-35(34)38(42)45/h1-16,32,36,39,43H,17-26H2/t32-,36+,39+/m1/s1. The first-order chi connectivity index (χ1) is 24.0. The number of amides is 2. The van der Waals surface area contributed by atoms with Gasteiger partial charge in [-0.25, -0.2) is 0 Å². The fraction of sp³-hybridized carbons (Fsp3) is 0.350. The van der Waals surface area contributed by atoms with Gasteiger partial charge in [0, 0.05) is 44.5 Å².